The third kappa shape index (κ3) is 3.75. The fraction of sp³-hybridized carbons (Fsp3) is 0.231. The molecule has 0 aliphatic heterocycles. The lowest BCUT2D eigenvalue weighted by Crippen LogP contribution is -2.23. The van der Waals surface area contributed by atoms with Crippen molar-refractivity contribution in [3.63, 3.8) is 0 Å². The molecule has 0 unspecified atom stereocenters. The van der Waals surface area contributed by atoms with E-state index in [2.05, 4.69) is 5.32 Å². The normalized spacial score (nSPS) is 11.1. The molecular formula is C13H15NO3. The molecule has 1 aromatic carbocycles. The topological polar surface area (TPSA) is 66.4 Å². The van der Waals surface area contributed by atoms with Crippen molar-refractivity contribution >= 4 is 11.9 Å². The molecule has 0 saturated heterocycles. The molecule has 0 saturated carbocycles. The Morgan fingerprint density at radius 1 is 1.29 bits per heavy atom. The molecule has 0 heterocycles. The van der Waals surface area contributed by atoms with Gasteiger partial charge in [0, 0.05) is 12.1 Å². The Balaban J connectivity index is 2.59. The average molecular weight is 233 g/mol. The smallest absolute Gasteiger partial charge is 0.335 e. The summed E-state index contributed by atoms with van der Waals surface area (Å²) in [4.78, 5) is 22.1. The van der Waals surface area contributed by atoms with Crippen molar-refractivity contribution in [2.75, 3.05) is 0 Å². The average Bonchev–Trinajstić information content (AvgIpc) is 2.35. The summed E-state index contributed by atoms with van der Waals surface area (Å²) >= 11 is 0. The van der Waals surface area contributed by atoms with Gasteiger partial charge in [0.2, 0.25) is 5.91 Å². The minimum Gasteiger partial charge on any atom is -0.478 e. The van der Waals surface area contributed by atoms with Crippen molar-refractivity contribution in [3.8, 4) is 0 Å². The van der Waals surface area contributed by atoms with Crippen LogP contribution >= 0.6 is 0 Å². The molecule has 0 spiro atoms. The Kier molecular flexibility index (Phi) is 4.46. The summed E-state index contributed by atoms with van der Waals surface area (Å²) in [5, 5.41) is 11.5. The Morgan fingerprint density at radius 2 is 1.88 bits per heavy atom. The summed E-state index contributed by atoms with van der Waals surface area (Å²) in [5.74, 6) is -1.07. The lowest BCUT2D eigenvalue weighted by atomic mass is 10.1. The Hall–Kier alpha value is -2.10. The van der Waals surface area contributed by atoms with Gasteiger partial charge >= 0.3 is 5.97 Å². The zero-order valence-electron chi connectivity index (χ0n) is 9.86. The van der Waals surface area contributed by atoms with Crippen LogP contribution in [-0.2, 0) is 11.3 Å². The maximum absolute atomic E-state index is 11.4. The van der Waals surface area contributed by atoms with Gasteiger partial charge in [-0.1, -0.05) is 18.2 Å². The molecule has 4 nitrogen and oxygen atoms in total. The summed E-state index contributed by atoms with van der Waals surface area (Å²) < 4.78 is 0. The minimum atomic E-state index is -0.953. The highest BCUT2D eigenvalue weighted by Gasteiger charge is 2.04. The second-order valence-electron chi connectivity index (χ2n) is 3.66. The molecule has 4 heteroatoms. The highest BCUT2D eigenvalue weighted by atomic mass is 16.4. The predicted octanol–water partition coefficient (Wildman–Crippen LogP) is 1.97. The Morgan fingerprint density at radius 3 is 2.35 bits per heavy atom. The van der Waals surface area contributed by atoms with Gasteiger partial charge in [-0.2, -0.15) is 0 Å². The van der Waals surface area contributed by atoms with Gasteiger partial charge in [-0.3, -0.25) is 4.79 Å². The van der Waals surface area contributed by atoms with Crippen LogP contribution < -0.4 is 5.32 Å². The number of benzene rings is 1. The molecule has 0 aliphatic carbocycles. The van der Waals surface area contributed by atoms with Gasteiger partial charge in [0.1, 0.15) is 0 Å². The first-order valence-electron chi connectivity index (χ1n) is 5.28. The van der Waals surface area contributed by atoms with E-state index >= 15 is 0 Å². The fourth-order valence-corrected chi connectivity index (χ4v) is 1.22. The van der Waals surface area contributed by atoms with Gasteiger partial charge in [-0.05, 0) is 31.5 Å². The zero-order chi connectivity index (χ0) is 12.8. The van der Waals surface area contributed by atoms with Gasteiger partial charge in [0.05, 0.1) is 5.56 Å². The van der Waals surface area contributed by atoms with E-state index in [4.69, 9.17) is 5.11 Å². The number of allylic oxidation sites excluding steroid dienone is 1. The third-order valence-electron chi connectivity index (χ3n) is 2.45. The molecule has 17 heavy (non-hydrogen) atoms. The first-order valence-corrected chi connectivity index (χ1v) is 5.28. The third-order valence-corrected chi connectivity index (χ3v) is 2.45. The number of hydrogen-bond acceptors (Lipinski definition) is 2. The number of rotatable bonds is 4. The van der Waals surface area contributed by atoms with Crippen molar-refractivity contribution in [2.45, 2.75) is 20.4 Å². The summed E-state index contributed by atoms with van der Waals surface area (Å²) in [6, 6.07) is 6.42. The number of nitrogens with one attached hydrogen (secondary N) is 1. The van der Waals surface area contributed by atoms with E-state index in [9.17, 15) is 9.59 Å². The van der Waals surface area contributed by atoms with E-state index in [-0.39, 0.29) is 11.5 Å². The highest BCUT2D eigenvalue weighted by molar-refractivity contribution is 5.92. The van der Waals surface area contributed by atoms with E-state index in [1.54, 1.807) is 32.1 Å². The maximum Gasteiger partial charge on any atom is 0.335 e. The highest BCUT2D eigenvalue weighted by Crippen LogP contribution is 2.04. The number of carboxylic acids is 1. The van der Waals surface area contributed by atoms with E-state index in [0.717, 1.165) is 5.56 Å². The monoisotopic (exact) mass is 233 g/mol. The Labute approximate surface area is 100.0 Å². The molecule has 0 atom stereocenters. The van der Waals surface area contributed by atoms with Crippen molar-refractivity contribution in [1.82, 2.24) is 5.32 Å². The first-order chi connectivity index (χ1) is 8.04. The molecular weight excluding hydrogens is 218 g/mol. The van der Waals surface area contributed by atoms with Crippen molar-refractivity contribution < 1.29 is 14.7 Å². The standard InChI is InChI=1S/C13H15NO3/c1-3-9(2)12(15)14-8-10-4-6-11(7-5-10)13(16)17/h3-7H,8H2,1-2H3,(H,14,15)(H,16,17). The maximum atomic E-state index is 11.4. The first kappa shape index (κ1) is 13.0. The van der Waals surface area contributed by atoms with Crippen LogP contribution in [0.1, 0.15) is 29.8 Å². The van der Waals surface area contributed by atoms with Crippen LogP contribution in [0.3, 0.4) is 0 Å². The van der Waals surface area contributed by atoms with Crippen molar-refractivity contribution in [1.29, 1.82) is 0 Å². The lowest BCUT2D eigenvalue weighted by molar-refractivity contribution is -0.117. The molecule has 1 rings (SSSR count). The predicted molar refractivity (Wildman–Crippen MR) is 64.7 cm³/mol. The number of hydrogen-bond donors (Lipinski definition) is 2. The molecule has 0 bridgehead atoms. The molecule has 0 aliphatic rings. The fourth-order valence-electron chi connectivity index (χ4n) is 1.22. The van der Waals surface area contributed by atoms with Gasteiger partial charge in [-0.25, -0.2) is 4.79 Å². The van der Waals surface area contributed by atoms with Crippen LogP contribution in [-0.4, -0.2) is 17.0 Å². The van der Waals surface area contributed by atoms with Gasteiger partial charge in [-0.15, -0.1) is 0 Å². The van der Waals surface area contributed by atoms with E-state index in [0.29, 0.717) is 12.1 Å². The van der Waals surface area contributed by atoms with Crippen LogP contribution in [0.2, 0.25) is 0 Å². The second kappa shape index (κ2) is 5.84. The van der Waals surface area contributed by atoms with E-state index in [1.165, 1.54) is 12.1 Å². The largest absolute Gasteiger partial charge is 0.478 e. The zero-order valence-corrected chi connectivity index (χ0v) is 9.86. The summed E-state index contributed by atoms with van der Waals surface area (Å²) in [6.45, 7) is 3.93. The number of amides is 1. The van der Waals surface area contributed by atoms with Crippen molar-refractivity contribution in [3.05, 3.63) is 47.0 Å². The molecule has 2 N–H and O–H groups in total. The van der Waals surface area contributed by atoms with Crippen LogP contribution in [0.5, 0.6) is 0 Å². The molecule has 0 radical (unpaired) electrons. The molecule has 0 aromatic heterocycles. The van der Waals surface area contributed by atoms with Crippen LogP contribution in [0, 0.1) is 0 Å². The van der Waals surface area contributed by atoms with Gasteiger partial charge < -0.3 is 10.4 Å². The number of aromatic carboxylic acids is 1. The number of carbonyl (C=O) groups is 2. The lowest BCUT2D eigenvalue weighted by Gasteiger charge is -2.05. The van der Waals surface area contributed by atoms with E-state index in [1.807, 2.05) is 0 Å². The van der Waals surface area contributed by atoms with E-state index < -0.39 is 5.97 Å². The molecule has 0 fully saturated rings. The summed E-state index contributed by atoms with van der Waals surface area (Å²) in [7, 11) is 0. The van der Waals surface area contributed by atoms with Crippen LogP contribution in [0.4, 0.5) is 0 Å². The number of carbonyl (C=O) groups excluding carboxylic acids is 1. The Bertz CT molecular complexity index is 446. The van der Waals surface area contributed by atoms with Crippen LogP contribution in [0.15, 0.2) is 35.9 Å². The molecule has 1 amide bonds. The van der Waals surface area contributed by atoms with Gasteiger partial charge in [0.25, 0.3) is 0 Å². The quantitative estimate of drug-likeness (QED) is 0.781. The van der Waals surface area contributed by atoms with Crippen LogP contribution in [0.25, 0.3) is 0 Å². The molecule has 1 aromatic rings. The van der Waals surface area contributed by atoms with Crippen molar-refractivity contribution in [2.24, 2.45) is 0 Å². The summed E-state index contributed by atoms with van der Waals surface area (Å²) in [6.07, 6.45) is 1.74. The minimum absolute atomic E-state index is 0.116. The second-order valence-corrected chi connectivity index (χ2v) is 3.66. The SMILES string of the molecule is CC=C(C)C(=O)NCc1ccc(C(=O)O)cc1. The molecule has 90 valence electrons. The van der Waals surface area contributed by atoms with Gasteiger partial charge in [0.15, 0.2) is 0 Å². The summed E-state index contributed by atoms with van der Waals surface area (Å²) in [5.41, 5.74) is 1.77. The number of carboxylic acid groups (broad SMARTS) is 1.